The standard InChI is InChI=1S/C24H27BrCl3N3O6S/c1-12(13-8-9-13)37-21(35)30-16(14-6-4-3-5-7-14)17(32)15-18(33)31-19(15)38-22(2,10-25)24(31,29)20(34)36-11-23(26,27)28/h3-7,12-13,15-16,19H,8-11,29H2,1-2H3,(H,30,35)/t12?,15?,16?,19-,22?,24?/m1/s1. The highest BCUT2D eigenvalue weighted by Crippen LogP contribution is 2.58. The van der Waals surface area contributed by atoms with Gasteiger partial charge in [-0.15, -0.1) is 11.8 Å². The molecule has 2 saturated heterocycles. The Labute approximate surface area is 247 Å². The number of ketones is 1. The van der Waals surface area contributed by atoms with Crippen LogP contribution in [0.5, 0.6) is 0 Å². The number of Topliss-reactive ketones (excluding diaryl/α,β-unsaturated/α-hetero) is 1. The third-order valence-corrected chi connectivity index (χ3v) is 10.6. The van der Waals surface area contributed by atoms with E-state index in [1.165, 1.54) is 11.8 Å². The van der Waals surface area contributed by atoms with E-state index in [0.29, 0.717) is 11.5 Å². The van der Waals surface area contributed by atoms with E-state index in [1.807, 2.05) is 6.92 Å². The summed E-state index contributed by atoms with van der Waals surface area (Å²) in [7, 11) is 0. The number of hydrogen-bond donors (Lipinski definition) is 2. The lowest BCUT2D eigenvalue weighted by molar-refractivity contribution is -0.179. The number of thioether (sulfide) groups is 1. The summed E-state index contributed by atoms with van der Waals surface area (Å²) in [6, 6.07) is 7.43. The first kappa shape index (κ1) is 29.7. The molecule has 208 valence electrons. The van der Waals surface area contributed by atoms with Crippen molar-refractivity contribution >= 4 is 86.2 Å². The zero-order valence-corrected chi connectivity index (χ0v) is 25.2. The minimum Gasteiger partial charge on any atom is -0.458 e. The summed E-state index contributed by atoms with van der Waals surface area (Å²) in [6.45, 7) is 2.91. The molecule has 2 heterocycles. The number of alkyl halides is 4. The molecular formula is C24H27BrCl3N3O6S. The summed E-state index contributed by atoms with van der Waals surface area (Å²) in [5, 5.41) is 2.06. The SMILES string of the molecule is CC(OC(=O)NC(C(=O)C1C(=O)N2[C@@H]1SC(C)(CBr)C2(N)C(=O)OCC(Cl)(Cl)Cl)c1ccccc1)C1CC1. The fraction of sp³-hybridized carbons (Fsp3) is 0.583. The number of nitrogens with zero attached hydrogens (tertiary/aromatic N) is 1. The van der Waals surface area contributed by atoms with Gasteiger partial charge in [-0.2, -0.15) is 0 Å². The third-order valence-electron chi connectivity index (χ3n) is 7.11. The number of carbonyl (C=O) groups is 4. The Morgan fingerprint density at radius 1 is 1.26 bits per heavy atom. The van der Waals surface area contributed by atoms with Gasteiger partial charge in [-0.05, 0) is 38.2 Å². The highest BCUT2D eigenvalue weighted by molar-refractivity contribution is 9.09. The molecule has 1 aliphatic carbocycles. The topological polar surface area (TPSA) is 128 Å². The van der Waals surface area contributed by atoms with Crippen molar-refractivity contribution in [2.24, 2.45) is 17.6 Å². The van der Waals surface area contributed by atoms with E-state index in [-0.39, 0.29) is 11.4 Å². The molecule has 3 N–H and O–H groups in total. The molecule has 4 rings (SSSR count). The van der Waals surface area contributed by atoms with Gasteiger partial charge < -0.3 is 14.8 Å². The van der Waals surface area contributed by atoms with E-state index in [0.717, 1.165) is 17.7 Å². The molecular weight excluding hydrogens is 645 g/mol. The van der Waals surface area contributed by atoms with Crippen LogP contribution in [0.1, 0.15) is 38.3 Å². The molecule has 2 aliphatic heterocycles. The second-order valence-corrected chi connectivity index (χ2v) is 14.6. The molecule has 3 aliphatic rings. The molecule has 0 bridgehead atoms. The first-order valence-corrected chi connectivity index (χ1v) is 15.0. The van der Waals surface area contributed by atoms with E-state index in [4.69, 9.17) is 50.0 Å². The number of nitrogens with one attached hydrogen (secondary N) is 1. The fourth-order valence-electron chi connectivity index (χ4n) is 4.66. The number of β-lactam (4-membered cyclic amide) rings is 1. The van der Waals surface area contributed by atoms with Crippen molar-refractivity contribution in [3.63, 3.8) is 0 Å². The van der Waals surface area contributed by atoms with Gasteiger partial charge in [0.15, 0.2) is 5.78 Å². The number of rotatable bonds is 9. The number of amides is 2. The number of benzene rings is 1. The molecule has 38 heavy (non-hydrogen) atoms. The van der Waals surface area contributed by atoms with E-state index >= 15 is 0 Å². The van der Waals surface area contributed by atoms with Crippen molar-refractivity contribution in [3.05, 3.63) is 35.9 Å². The van der Waals surface area contributed by atoms with Gasteiger partial charge in [-0.1, -0.05) is 81.1 Å². The normalized spacial score (nSPS) is 30.1. The van der Waals surface area contributed by atoms with Crippen molar-refractivity contribution in [1.29, 1.82) is 0 Å². The number of esters is 1. The van der Waals surface area contributed by atoms with Crippen LogP contribution in [0.25, 0.3) is 0 Å². The Bertz CT molecular complexity index is 1120. The molecule has 1 aromatic carbocycles. The highest BCUT2D eigenvalue weighted by atomic mass is 79.9. The molecule has 6 atom stereocenters. The third kappa shape index (κ3) is 5.51. The molecule has 2 amide bonds. The molecule has 1 saturated carbocycles. The molecule has 0 aromatic heterocycles. The van der Waals surface area contributed by atoms with Crippen LogP contribution in [0, 0.1) is 11.8 Å². The van der Waals surface area contributed by atoms with Crippen molar-refractivity contribution in [3.8, 4) is 0 Å². The lowest BCUT2D eigenvalue weighted by Gasteiger charge is -2.48. The maximum atomic E-state index is 13.8. The van der Waals surface area contributed by atoms with Crippen LogP contribution in [0.3, 0.4) is 0 Å². The smallest absolute Gasteiger partial charge is 0.408 e. The van der Waals surface area contributed by atoms with Gasteiger partial charge in [0.2, 0.25) is 15.4 Å². The van der Waals surface area contributed by atoms with Gasteiger partial charge in [0.25, 0.3) is 0 Å². The van der Waals surface area contributed by atoms with Crippen LogP contribution in [0.2, 0.25) is 0 Å². The number of nitrogens with two attached hydrogens (primary N) is 1. The quantitative estimate of drug-likeness (QED) is 0.174. The molecule has 1 aromatic rings. The van der Waals surface area contributed by atoms with Crippen LogP contribution < -0.4 is 11.1 Å². The average Bonchev–Trinajstić information content (AvgIpc) is 3.68. The van der Waals surface area contributed by atoms with Crippen molar-refractivity contribution in [2.45, 2.75) is 58.4 Å². The van der Waals surface area contributed by atoms with Gasteiger partial charge in [0.1, 0.15) is 24.7 Å². The summed E-state index contributed by atoms with van der Waals surface area (Å²) >= 11 is 21.7. The first-order valence-electron chi connectivity index (χ1n) is 11.9. The Hall–Kier alpha value is -1.24. The maximum absolute atomic E-state index is 13.8. The molecule has 0 radical (unpaired) electrons. The summed E-state index contributed by atoms with van der Waals surface area (Å²) in [4.78, 5) is 54.3. The summed E-state index contributed by atoms with van der Waals surface area (Å²) in [6.07, 6.45) is 0.933. The van der Waals surface area contributed by atoms with Crippen LogP contribution in [0.15, 0.2) is 30.3 Å². The van der Waals surface area contributed by atoms with Gasteiger partial charge in [-0.3, -0.25) is 20.2 Å². The molecule has 5 unspecified atom stereocenters. The van der Waals surface area contributed by atoms with Crippen molar-refractivity contribution in [1.82, 2.24) is 10.2 Å². The zero-order valence-electron chi connectivity index (χ0n) is 20.5. The van der Waals surface area contributed by atoms with Crippen LogP contribution in [0.4, 0.5) is 4.79 Å². The number of carbonyl (C=O) groups excluding carboxylic acids is 4. The number of alkyl carbamates (subject to hydrolysis) is 1. The average molecular weight is 672 g/mol. The number of hydrogen-bond acceptors (Lipinski definition) is 8. The van der Waals surface area contributed by atoms with E-state index in [9.17, 15) is 19.2 Å². The lowest BCUT2D eigenvalue weighted by Crippen LogP contribution is -2.77. The Morgan fingerprint density at radius 3 is 2.45 bits per heavy atom. The maximum Gasteiger partial charge on any atom is 0.408 e. The van der Waals surface area contributed by atoms with E-state index in [2.05, 4.69) is 21.2 Å². The number of halogens is 4. The second-order valence-electron chi connectivity index (χ2n) is 9.85. The van der Waals surface area contributed by atoms with Gasteiger partial charge in [0.05, 0.1) is 10.1 Å². The predicted octanol–water partition coefficient (Wildman–Crippen LogP) is 4.07. The van der Waals surface area contributed by atoms with Gasteiger partial charge >= 0.3 is 12.1 Å². The molecule has 9 nitrogen and oxygen atoms in total. The largest absolute Gasteiger partial charge is 0.458 e. The summed E-state index contributed by atoms with van der Waals surface area (Å²) in [5.74, 6) is -3.02. The van der Waals surface area contributed by atoms with Gasteiger partial charge in [-0.25, -0.2) is 9.59 Å². The Balaban J connectivity index is 1.57. The summed E-state index contributed by atoms with van der Waals surface area (Å²) in [5.41, 5.74) is 5.12. The monoisotopic (exact) mass is 669 g/mol. The Kier molecular flexibility index (Phi) is 8.58. The first-order chi connectivity index (χ1) is 17.7. The molecule has 0 spiro atoms. The van der Waals surface area contributed by atoms with Crippen LogP contribution in [-0.4, -0.2) is 66.3 Å². The fourth-order valence-corrected chi connectivity index (χ4v) is 7.37. The minimum absolute atomic E-state index is 0.191. The minimum atomic E-state index is -1.94. The lowest BCUT2D eigenvalue weighted by atomic mass is 9.82. The number of fused-ring (bicyclic) bond motifs is 1. The molecule has 14 heteroatoms. The van der Waals surface area contributed by atoms with E-state index < -0.39 is 61.9 Å². The number of ether oxygens (including phenoxy) is 2. The van der Waals surface area contributed by atoms with Gasteiger partial charge in [0, 0.05) is 5.33 Å². The predicted molar refractivity (Wildman–Crippen MR) is 148 cm³/mol. The highest BCUT2D eigenvalue weighted by Gasteiger charge is 2.74. The Morgan fingerprint density at radius 2 is 1.89 bits per heavy atom. The zero-order chi connectivity index (χ0) is 28.0. The molecule has 3 fully saturated rings. The summed E-state index contributed by atoms with van der Waals surface area (Å²) < 4.78 is 7.68. The van der Waals surface area contributed by atoms with Crippen LogP contribution >= 0.6 is 62.5 Å². The van der Waals surface area contributed by atoms with Crippen LogP contribution in [-0.2, 0) is 23.9 Å². The second kappa shape index (κ2) is 11.0. The van der Waals surface area contributed by atoms with Crippen molar-refractivity contribution in [2.75, 3.05) is 11.9 Å². The van der Waals surface area contributed by atoms with E-state index in [1.54, 1.807) is 37.3 Å². The van der Waals surface area contributed by atoms with Crippen molar-refractivity contribution < 1.29 is 28.7 Å².